The zero-order chi connectivity index (χ0) is 18.9. The first-order chi connectivity index (χ1) is 12.5. The van der Waals surface area contributed by atoms with Crippen molar-refractivity contribution in [3.8, 4) is 0 Å². The average molecular weight is 376 g/mol. The summed E-state index contributed by atoms with van der Waals surface area (Å²) in [6.45, 7) is -0.304. The molecule has 0 fully saturated rings. The van der Waals surface area contributed by atoms with Gasteiger partial charge in [0.2, 0.25) is 0 Å². The van der Waals surface area contributed by atoms with Gasteiger partial charge in [0.1, 0.15) is 6.54 Å². The van der Waals surface area contributed by atoms with Crippen molar-refractivity contribution in [1.82, 2.24) is 10.2 Å². The zero-order valence-electron chi connectivity index (χ0n) is 14.6. The molecule has 138 valence electrons. The van der Waals surface area contributed by atoms with Crippen molar-refractivity contribution >= 4 is 29.5 Å². The normalized spacial score (nSPS) is 10.2. The van der Waals surface area contributed by atoms with E-state index in [2.05, 4.69) is 5.32 Å². The van der Waals surface area contributed by atoms with Crippen LogP contribution in [0.15, 0.2) is 52.0 Å². The van der Waals surface area contributed by atoms with Crippen LogP contribution in [0.3, 0.4) is 0 Å². The Balaban J connectivity index is 1.70. The highest BCUT2D eigenvalue weighted by Crippen LogP contribution is 2.15. The van der Waals surface area contributed by atoms with Crippen LogP contribution in [0.1, 0.15) is 16.1 Å². The number of likely N-dealkylation sites (N-methyl/N-ethyl adjacent to an activating group) is 1. The third kappa shape index (κ3) is 5.96. The molecule has 2 aromatic rings. The van der Waals surface area contributed by atoms with Crippen LogP contribution in [-0.4, -0.2) is 49.1 Å². The van der Waals surface area contributed by atoms with Gasteiger partial charge in [0.05, 0.1) is 6.26 Å². The van der Waals surface area contributed by atoms with Crippen molar-refractivity contribution in [2.75, 3.05) is 26.5 Å². The summed E-state index contributed by atoms with van der Waals surface area (Å²) in [4.78, 5) is 37.9. The number of esters is 1. The highest BCUT2D eigenvalue weighted by Gasteiger charge is 2.14. The average Bonchev–Trinajstić information content (AvgIpc) is 3.19. The number of hydrogen-bond donors (Lipinski definition) is 1. The summed E-state index contributed by atoms with van der Waals surface area (Å²) in [5, 5.41) is 2.35. The van der Waals surface area contributed by atoms with Gasteiger partial charge in [-0.25, -0.2) is 0 Å². The van der Waals surface area contributed by atoms with Gasteiger partial charge in [0.15, 0.2) is 12.4 Å². The summed E-state index contributed by atoms with van der Waals surface area (Å²) >= 11 is 1.65. The van der Waals surface area contributed by atoms with Crippen molar-refractivity contribution in [1.29, 1.82) is 0 Å². The molecule has 1 N–H and O–H groups in total. The first kappa shape index (κ1) is 19.6. The van der Waals surface area contributed by atoms with E-state index in [9.17, 15) is 14.4 Å². The fourth-order valence-corrected chi connectivity index (χ4v) is 2.45. The molecule has 0 radical (unpaired) electrons. The lowest BCUT2D eigenvalue weighted by atomic mass is 10.2. The summed E-state index contributed by atoms with van der Waals surface area (Å²) < 4.78 is 9.79. The molecule has 0 aliphatic rings. The van der Waals surface area contributed by atoms with Gasteiger partial charge >= 0.3 is 5.97 Å². The number of benzene rings is 1. The van der Waals surface area contributed by atoms with Gasteiger partial charge in [-0.1, -0.05) is 12.1 Å². The lowest BCUT2D eigenvalue weighted by Crippen LogP contribution is -2.34. The standard InChI is InChI=1S/C18H20N2O5S/c1-20(11-13-5-7-14(26-2)8-6-13)16(21)12-25-17(22)10-19-18(23)15-4-3-9-24-15/h3-9H,10-12H2,1-2H3,(H,19,23). The molecule has 26 heavy (non-hydrogen) atoms. The Kier molecular flexibility index (Phi) is 7.28. The monoisotopic (exact) mass is 376 g/mol. The molecule has 1 heterocycles. The largest absolute Gasteiger partial charge is 0.459 e. The van der Waals surface area contributed by atoms with Crippen molar-refractivity contribution in [2.45, 2.75) is 11.4 Å². The lowest BCUT2D eigenvalue weighted by molar-refractivity contribution is -0.150. The third-order valence-corrected chi connectivity index (χ3v) is 4.24. The minimum atomic E-state index is -0.698. The summed E-state index contributed by atoms with van der Waals surface area (Å²) in [5.41, 5.74) is 0.982. The number of rotatable bonds is 8. The molecular weight excluding hydrogens is 356 g/mol. The molecule has 0 atom stereocenters. The van der Waals surface area contributed by atoms with Gasteiger partial charge in [-0.3, -0.25) is 14.4 Å². The fourth-order valence-electron chi connectivity index (χ4n) is 2.04. The summed E-state index contributed by atoms with van der Waals surface area (Å²) in [7, 11) is 1.64. The van der Waals surface area contributed by atoms with Crippen molar-refractivity contribution in [2.24, 2.45) is 0 Å². The topological polar surface area (TPSA) is 88.9 Å². The van der Waals surface area contributed by atoms with Crippen LogP contribution in [0.25, 0.3) is 0 Å². The molecule has 7 nitrogen and oxygen atoms in total. The molecule has 0 unspecified atom stereocenters. The Morgan fingerprint density at radius 2 is 1.92 bits per heavy atom. The summed E-state index contributed by atoms with van der Waals surface area (Å²) in [6.07, 6.45) is 3.35. The Bertz CT molecular complexity index is 743. The van der Waals surface area contributed by atoms with Crippen molar-refractivity contribution in [3.63, 3.8) is 0 Å². The highest BCUT2D eigenvalue weighted by molar-refractivity contribution is 7.98. The Hall–Kier alpha value is -2.74. The van der Waals surface area contributed by atoms with Gasteiger partial charge in [-0.2, -0.15) is 0 Å². The van der Waals surface area contributed by atoms with Crippen LogP contribution in [0.5, 0.6) is 0 Å². The Labute approximate surface area is 155 Å². The van der Waals surface area contributed by atoms with E-state index in [0.29, 0.717) is 6.54 Å². The van der Waals surface area contributed by atoms with E-state index in [1.807, 2.05) is 30.5 Å². The van der Waals surface area contributed by atoms with E-state index in [-0.39, 0.29) is 24.8 Å². The number of thioether (sulfide) groups is 1. The predicted octanol–water partition coefficient (Wildman–Crippen LogP) is 1.93. The van der Waals surface area contributed by atoms with Crippen LogP contribution in [0.4, 0.5) is 0 Å². The third-order valence-electron chi connectivity index (χ3n) is 3.50. The van der Waals surface area contributed by atoms with E-state index in [0.717, 1.165) is 10.5 Å². The smallest absolute Gasteiger partial charge is 0.325 e. The number of carbonyl (C=O) groups excluding carboxylic acids is 3. The van der Waals surface area contributed by atoms with Crippen molar-refractivity contribution < 1.29 is 23.5 Å². The lowest BCUT2D eigenvalue weighted by Gasteiger charge is -2.17. The first-order valence-corrected chi connectivity index (χ1v) is 9.06. The number of nitrogens with one attached hydrogen (secondary N) is 1. The Morgan fingerprint density at radius 1 is 1.19 bits per heavy atom. The van der Waals surface area contributed by atoms with Crippen LogP contribution in [0, 0.1) is 0 Å². The molecule has 0 bridgehead atoms. The van der Waals surface area contributed by atoms with E-state index < -0.39 is 11.9 Å². The highest BCUT2D eigenvalue weighted by atomic mass is 32.2. The number of ether oxygens (including phenoxy) is 1. The second kappa shape index (κ2) is 9.67. The number of hydrogen-bond acceptors (Lipinski definition) is 6. The zero-order valence-corrected chi connectivity index (χ0v) is 15.4. The van der Waals surface area contributed by atoms with E-state index in [1.165, 1.54) is 17.2 Å². The molecule has 1 aromatic carbocycles. The molecule has 8 heteroatoms. The SMILES string of the molecule is CSc1ccc(CN(C)C(=O)COC(=O)CNC(=O)c2ccco2)cc1. The predicted molar refractivity (Wildman–Crippen MR) is 96.7 cm³/mol. The minimum absolute atomic E-state index is 0.0982. The molecule has 2 amide bonds. The molecule has 0 aliphatic carbocycles. The summed E-state index contributed by atoms with van der Waals surface area (Å²) in [6, 6.07) is 10.9. The molecule has 0 saturated heterocycles. The molecule has 1 aromatic heterocycles. The van der Waals surface area contributed by atoms with Gasteiger partial charge in [0.25, 0.3) is 11.8 Å². The summed E-state index contributed by atoms with van der Waals surface area (Å²) in [5.74, 6) is -1.45. The first-order valence-electron chi connectivity index (χ1n) is 7.84. The van der Waals surface area contributed by atoms with E-state index in [4.69, 9.17) is 9.15 Å². The molecule has 0 aliphatic heterocycles. The molecule has 0 spiro atoms. The maximum Gasteiger partial charge on any atom is 0.325 e. The second-order valence-electron chi connectivity index (χ2n) is 5.42. The number of nitrogens with zero attached hydrogens (tertiary/aromatic N) is 1. The quantitative estimate of drug-likeness (QED) is 0.559. The maximum absolute atomic E-state index is 12.0. The van der Waals surface area contributed by atoms with Gasteiger partial charge in [0, 0.05) is 18.5 Å². The number of carbonyl (C=O) groups is 3. The van der Waals surface area contributed by atoms with Gasteiger partial charge in [-0.15, -0.1) is 11.8 Å². The minimum Gasteiger partial charge on any atom is -0.459 e. The van der Waals surface area contributed by atoms with Crippen LogP contribution in [-0.2, 0) is 20.9 Å². The van der Waals surface area contributed by atoms with Gasteiger partial charge in [-0.05, 0) is 36.1 Å². The van der Waals surface area contributed by atoms with Gasteiger partial charge < -0.3 is 19.4 Å². The van der Waals surface area contributed by atoms with E-state index in [1.54, 1.807) is 24.9 Å². The fraction of sp³-hybridized carbons (Fsp3) is 0.278. The van der Waals surface area contributed by atoms with Crippen LogP contribution in [0.2, 0.25) is 0 Å². The molecular formula is C18H20N2O5S. The number of amides is 2. The molecule has 0 saturated carbocycles. The van der Waals surface area contributed by atoms with Crippen molar-refractivity contribution in [3.05, 3.63) is 54.0 Å². The molecule has 2 rings (SSSR count). The van der Waals surface area contributed by atoms with Crippen LogP contribution < -0.4 is 5.32 Å². The van der Waals surface area contributed by atoms with E-state index >= 15 is 0 Å². The second-order valence-corrected chi connectivity index (χ2v) is 6.30. The Morgan fingerprint density at radius 3 is 2.54 bits per heavy atom. The van der Waals surface area contributed by atoms with Crippen LogP contribution >= 0.6 is 11.8 Å². The number of furan rings is 1. The maximum atomic E-state index is 12.0.